The highest BCUT2D eigenvalue weighted by Crippen LogP contribution is 2.17. The van der Waals surface area contributed by atoms with Gasteiger partial charge in [0, 0.05) is 5.56 Å². The predicted octanol–water partition coefficient (Wildman–Crippen LogP) is 12.1. The quantitative estimate of drug-likeness (QED) is 0.0600. The Kier molecular flexibility index (Phi) is 17.6. The number of hydrogen-bond acceptors (Lipinski definition) is 2. The third-order valence-electron chi connectivity index (χ3n) is 8.21. The van der Waals surface area contributed by atoms with E-state index in [0.29, 0.717) is 0 Å². The van der Waals surface area contributed by atoms with Crippen LogP contribution in [0.5, 0.6) is 5.75 Å². The van der Waals surface area contributed by atoms with Gasteiger partial charge in [-0.05, 0) is 54.2 Å². The van der Waals surface area contributed by atoms with Crippen molar-refractivity contribution in [2.75, 3.05) is 6.61 Å². The Labute approximate surface area is 262 Å². The number of unbranched alkanes of at least 4 members (excludes halogenated alkanes) is 15. The second kappa shape index (κ2) is 22.2. The number of carbonyl (C=O) groups excluding carboxylic acids is 1. The fraction of sp³-hybridized carbons (Fsp3) is 0.439. The van der Waals surface area contributed by atoms with Crippen LogP contribution in [0.4, 0.5) is 0 Å². The molecule has 2 heteroatoms. The number of ketones is 1. The topological polar surface area (TPSA) is 26.3 Å². The molecule has 0 fully saturated rings. The summed E-state index contributed by atoms with van der Waals surface area (Å²) in [7, 11) is 0. The lowest BCUT2D eigenvalue weighted by Crippen LogP contribution is -1.97. The number of benzene rings is 3. The molecule has 3 aromatic rings. The van der Waals surface area contributed by atoms with Crippen LogP contribution in [-0.4, -0.2) is 12.4 Å². The summed E-state index contributed by atoms with van der Waals surface area (Å²) in [5.41, 5.74) is 4.33. The van der Waals surface area contributed by atoms with Gasteiger partial charge in [-0.2, -0.15) is 0 Å². The molecule has 0 amide bonds. The molecule has 0 bridgehead atoms. The van der Waals surface area contributed by atoms with Gasteiger partial charge in [-0.25, -0.2) is 0 Å². The first kappa shape index (κ1) is 34.1. The minimum atomic E-state index is 0.0484. The van der Waals surface area contributed by atoms with Crippen LogP contribution in [0.15, 0.2) is 91.5 Å². The largest absolute Gasteiger partial charge is 0.494 e. The van der Waals surface area contributed by atoms with Gasteiger partial charge in [-0.15, -0.1) is 0 Å². The van der Waals surface area contributed by atoms with Crippen molar-refractivity contribution in [2.24, 2.45) is 0 Å². The number of carbonyl (C=O) groups is 1. The number of ether oxygens (including phenoxy) is 1. The molecule has 0 heterocycles. The van der Waals surface area contributed by atoms with Gasteiger partial charge in [0.25, 0.3) is 0 Å². The minimum absolute atomic E-state index is 0.0484. The van der Waals surface area contributed by atoms with Crippen LogP contribution in [0.3, 0.4) is 0 Å². The Morgan fingerprint density at radius 1 is 0.558 bits per heavy atom. The Hall–Kier alpha value is -3.39. The highest BCUT2D eigenvalue weighted by Gasteiger charge is 2.01. The third kappa shape index (κ3) is 15.6. The van der Waals surface area contributed by atoms with Crippen molar-refractivity contribution in [2.45, 2.75) is 109 Å². The molecular formula is C41H54O2. The number of hydrogen-bond donors (Lipinski definition) is 0. The Bertz CT molecular complexity index is 1160. The maximum Gasteiger partial charge on any atom is 0.185 e. The first-order valence-electron chi connectivity index (χ1n) is 17.0. The molecule has 0 aromatic heterocycles. The Balaban J connectivity index is 1.04. The van der Waals surface area contributed by atoms with E-state index < -0.39 is 0 Å². The van der Waals surface area contributed by atoms with Crippen molar-refractivity contribution >= 4 is 17.9 Å². The van der Waals surface area contributed by atoms with Crippen molar-refractivity contribution < 1.29 is 9.53 Å². The molecule has 0 saturated heterocycles. The standard InChI is InChI=1S/C41H54O2/c1-2-36-29-32-40(33-30-36)43-35-21-16-14-12-10-8-6-4-3-5-7-9-11-13-15-18-22-37-25-27-38(28-26-37)31-34-41(42)39-23-19-17-20-24-39/h2,17,19-20,23-34H,1,3-16,18,21-22,35H2/b34-31+. The summed E-state index contributed by atoms with van der Waals surface area (Å²) in [5.74, 6) is 1.01. The normalized spacial score (nSPS) is 11.2. The van der Waals surface area contributed by atoms with E-state index >= 15 is 0 Å². The van der Waals surface area contributed by atoms with Crippen LogP contribution in [0.2, 0.25) is 0 Å². The Morgan fingerprint density at radius 3 is 1.58 bits per heavy atom. The zero-order valence-corrected chi connectivity index (χ0v) is 26.5. The van der Waals surface area contributed by atoms with E-state index in [9.17, 15) is 4.79 Å². The SMILES string of the molecule is C=Cc1ccc(OCCCCCCCCCCCCCCCCCCc2ccc(/C=C/C(=O)c3ccccc3)cc2)cc1. The van der Waals surface area contributed by atoms with E-state index in [1.165, 1.54) is 102 Å². The smallest absolute Gasteiger partial charge is 0.185 e. The van der Waals surface area contributed by atoms with Gasteiger partial charge in [0.05, 0.1) is 6.61 Å². The van der Waals surface area contributed by atoms with Crippen molar-refractivity contribution in [1.29, 1.82) is 0 Å². The van der Waals surface area contributed by atoms with Gasteiger partial charge < -0.3 is 4.74 Å². The van der Waals surface area contributed by atoms with E-state index in [4.69, 9.17) is 4.74 Å². The van der Waals surface area contributed by atoms with Crippen LogP contribution < -0.4 is 4.74 Å². The Morgan fingerprint density at radius 2 is 1.05 bits per heavy atom. The van der Waals surface area contributed by atoms with Gasteiger partial charge >= 0.3 is 0 Å². The molecule has 0 aliphatic rings. The summed E-state index contributed by atoms with van der Waals surface area (Å²) in [5, 5.41) is 0. The van der Waals surface area contributed by atoms with Gasteiger partial charge in [0.15, 0.2) is 5.78 Å². The second-order valence-corrected chi connectivity index (χ2v) is 11.8. The maximum absolute atomic E-state index is 12.2. The van der Waals surface area contributed by atoms with Crippen LogP contribution in [-0.2, 0) is 6.42 Å². The molecule has 0 atom stereocenters. The lowest BCUT2D eigenvalue weighted by atomic mass is 10.0. The average Bonchev–Trinajstić information content (AvgIpc) is 3.06. The summed E-state index contributed by atoms with van der Waals surface area (Å²) >= 11 is 0. The van der Waals surface area contributed by atoms with Gasteiger partial charge in [-0.3, -0.25) is 4.79 Å². The third-order valence-corrected chi connectivity index (χ3v) is 8.21. The lowest BCUT2D eigenvalue weighted by molar-refractivity contribution is 0.104. The molecule has 0 unspecified atom stereocenters. The molecule has 0 N–H and O–H groups in total. The first-order chi connectivity index (χ1) is 21.2. The molecular weight excluding hydrogens is 524 g/mol. The molecule has 2 nitrogen and oxygen atoms in total. The lowest BCUT2D eigenvalue weighted by Gasteiger charge is -2.06. The van der Waals surface area contributed by atoms with Crippen molar-refractivity contribution in [3.63, 3.8) is 0 Å². The molecule has 0 saturated carbocycles. The summed E-state index contributed by atoms with van der Waals surface area (Å²) < 4.78 is 5.83. The molecule has 3 rings (SSSR count). The molecule has 0 radical (unpaired) electrons. The summed E-state index contributed by atoms with van der Waals surface area (Å²) in [6.45, 7) is 4.61. The highest BCUT2D eigenvalue weighted by atomic mass is 16.5. The first-order valence-corrected chi connectivity index (χ1v) is 17.0. The summed E-state index contributed by atoms with van der Waals surface area (Å²) in [6, 6.07) is 26.2. The highest BCUT2D eigenvalue weighted by molar-refractivity contribution is 6.06. The summed E-state index contributed by atoms with van der Waals surface area (Å²) in [4.78, 5) is 12.2. The number of allylic oxidation sites excluding steroid dienone is 1. The monoisotopic (exact) mass is 578 g/mol. The van der Waals surface area contributed by atoms with Gasteiger partial charge in [0.1, 0.15) is 5.75 Å². The van der Waals surface area contributed by atoms with E-state index in [2.05, 4.69) is 30.8 Å². The summed E-state index contributed by atoms with van der Waals surface area (Å²) in [6.07, 6.45) is 28.3. The fourth-order valence-electron chi connectivity index (χ4n) is 5.46. The zero-order valence-electron chi connectivity index (χ0n) is 26.5. The molecule has 3 aromatic carbocycles. The van der Waals surface area contributed by atoms with Crippen LogP contribution in [0, 0.1) is 0 Å². The maximum atomic E-state index is 12.2. The van der Waals surface area contributed by atoms with E-state index in [1.54, 1.807) is 6.08 Å². The molecule has 230 valence electrons. The molecule has 0 spiro atoms. The zero-order chi connectivity index (χ0) is 30.2. The van der Waals surface area contributed by atoms with E-state index in [-0.39, 0.29) is 5.78 Å². The second-order valence-electron chi connectivity index (χ2n) is 11.8. The van der Waals surface area contributed by atoms with Gasteiger partial charge in [0.2, 0.25) is 0 Å². The fourth-order valence-corrected chi connectivity index (χ4v) is 5.46. The minimum Gasteiger partial charge on any atom is -0.494 e. The van der Waals surface area contributed by atoms with Crippen molar-refractivity contribution in [3.05, 3.63) is 114 Å². The van der Waals surface area contributed by atoms with Gasteiger partial charge in [-0.1, -0.05) is 175 Å². The van der Waals surface area contributed by atoms with Crippen LogP contribution in [0.25, 0.3) is 12.2 Å². The van der Waals surface area contributed by atoms with E-state index in [0.717, 1.165) is 41.9 Å². The van der Waals surface area contributed by atoms with Crippen molar-refractivity contribution in [3.8, 4) is 5.75 Å². The predicted molar refractivity (Wildman–Crippen MR) is 186 cm³/mol. The molecule has 0 aliphatic heterocycles. The van der Waals surface area contributed by atoms with Crippen molar-refractivity contribution in [1.82, 2.24) is 0 Å². The number of rotatable bonds is 24. The number of aryl methyl sites for hydroxylation is 1. The molecule has 43 heavy (non-hydrogen) atoms. The van der Waals surface area contributed by atoms with E-state index in [1.807, 2.05) is 66.7 Å². The molecule has 0 aliphatic carbocycles. The van der Waals surface area contributed by atoms with Crippen LogP contribution in [0.1, 0.15) is 130 Å². The average molecular weight is 579 g/mol. The van der Waals surface area contributed by atoms with Crippen LogP contribution >= 0.6 is 0 Å².